The summed E-state index contributed by atoms with van der Waals surface area (Å²) in [5.74, 6) is 0. The largest absolute Gasteiger partial charge is 0.303 e. The van der Waals surface area contributed by atoms with Gasteiger partial charge in [-0.1, -0.05) is 0 Å². The predicted octanol–water partition coefficient (Wildman–Crippen LogP) is 2.71. The van der Waals surface area contributed by atoms with Gasteiger partial charge < -0.3 is 3.93 Å². The number of nitrogens with zero attached hydrogens (tertiary/aromatic N) is 2. The van der Waals surface area contributed by atoms with Gasteiger partial charge in [-0.2, -0.15) is 0 Å². The van der Waals surface area contributed by atoms with E-state index >= 15 is 0 Å². The first-order valence-electron chi connectivity index (χ1n) is 3.71. The van der Waals surface area contributed by atoms with E-state index in [-0.39, 0.29) is 0 Å². The van der Waals surface area contributed by atoms with E-state index in [1.54, 1.807) is 0 Å². The Balaban J connectivity index is 3.01. The van der Waals surface area contributed by atoms with Crippen molar-refractivity contribution >= 4 is 21.9 Å². The van der Waals surface area contributed by atoms with Crippen LogP contribution in [0.15, 0.2) is 16.4 Å². The third-order valence-electron chi connectivity index (χ3n) is 2.13. The molecular weight excluding hydrogens is 204 g/mol. The fraction of sp³-hybridized carbons (Fsp3) is 0.625. The number of halogens is 1. The minimum atomic E-state index is 0.374. The van der Waals surface area contributed by atoms with Crippen LogP contribution in [0.4, 0.5) is 0 Å². The first kappa shape index (κ1) is 8.78. The van der Waals surface area contributed by atoms with Gasteiger partial charge in [-0.05, 0) is 27.7 Å². The first-order valence-corrected chi connectivity index (χ1v) is 4.42. The molecule has 0 aromatic carbocycles. The van der Waals surface area contributed by atoms with Gasteiger partial charge in [0.2, 0.25) is 0 Å². The standard InChI is InChI=1S/C8H13BrN2/c1-5-7(3)11(9)8(4)6(2)10-5/h7H,1-4H3. The summed E-state index contributed by atoms with van der Waals surface area (Å²) in [6.07, 6.45) is 0. The number of aliphatic imine (C=N–C) groups is 1. The summed E-state index contributed by atoms with van der Waals surface area (Å²) in [6, 6.07) is 0.374. The molecule has 1 unspecified atom stereocenters. The Morgan fingerprint density at radius 3 is 2.45 bits per heavy atom. The van der Waals surface area contributed by atoms with Crippen LogP contribution in [0.1, 0.15) is 27.7 Å². The topological polar surface area (TPSA) is 15.6 Å². The van der Waals surface area contributed by atoms with E-state index in [1.165, 1.54) is 5.70 Å². The van der Waals surface area contributed by atoms with Gasteiger partial charge in [0, 0.05) is 11.4 Å². The fourth-order valence-corrected chi connectivity index (χ4v) is 1.60. The van der Waals surface area contributed by atoms with Crippen LogP contribution >= 0.6 is 16.1 Å². The molecule has 0 saturated heterocycles. The number of hydrogen-bond donors (Lipinski definition) is 0. The van der Waals surface area contributed by atoms with Crippen molar-refractivity contribution in [2.24, 2.45) is 4.99 Å². The van der Waals surface area contributed by atoms with Crippen LogP contribution in [0.25, 0.3) is 0 Å². The predicted molar refractivity (Wildman–Crippen MR) is 51.7 cm³/mol. The van der Waals surface area contributed by atoms with Gasteiger partial charge in [0.05, 0.1) is 27.9 Å². The van der Waals surface area contributed by atoms with Crippen LogP contribution < -0.4 is 0 Å². The lowest BCUT2D eigenvalue weighted by Gasteiger charge is -2.29. The number of hydrogen-bond acceptors (Lipinski definition) is 2. The third-order valence-corrected chi connectivity index (χ3v) is 3.28. The van der Waals surface area contributed by atoms with Gasteiger partial charge >= 0.3 is 0 Å². The molecule has 1 atom stereocenters. The molecule has 0 aliphatic carbocycles. The van der Waals surface area contributed by atoms with Crippen LogP contribution in [-0.4, -0.2) is 15.7 Å². The van der Waals surface area contributed by atoms with Gasteiger partial charge in [-0.3, -0.25) is 4.99 Å². The van der Waals surface area contributed by atoms with Gasteiger partial charge in [-0.15, -0.1) is 0 Å². The van der Waals surface area contributed by atoms with Crippen molar-refractivity contribution in [3.05, 3.63) is 11.4 Å². The molecule has 0 spiro atoms. The Morgan fingerprint density at radius 2 is 1.91 bits per heavy atom. The molecule has 0 aromatic rings. The number of rotatable bonds is 0. The van der Waals surface area contributed by atoms with Crippen molar-refractivity contribution < 1.29 is 0 Å². The minimum absolute atomic E-state index is 0.374. The van der Waals surface area contributed by atoms with Crippen molar-refractivity contribution in [2.45, 2.75) is 33.7 Å². The summed E-state index contributed by atoms with van der Waals surface area (Å²) in [7, 11) is 0. The summed E-state index contributed by atoms with van der Waals surface area (Å²) in [4.78, 5) is 4.42. The van der Waals surface area contributed by atoms with E-state index in [2.05, 4.69) is 45.8 Å². The molecule has 1 aliphatic rings. The van der Waals surface area contributed by atoms with Crippen molar-refractivity contribution in [1.29, 1.82) is 0 Å². The highest BCUT2D eigenvalue weighted by atomic mass is 79.9. The Hall–Kier alpha value is -0.310. The molecule has 0 amide bonds. The third kappa shape index (κ3) is 1.48. The molecular formula is C8H13BrN2. The van der Waals surface area contributed by atoms with Gasteiger partial charge in [-0.25, -0.2) is 0 Å². The van der Waals surface area contributed by atoms with Crippen LogP contribution in [0.3, 0.4) is 0 Å². The molecule has 1 heterocycles. The van der Waals surface area contributed by atoms with Crippen LogP contribution in [-0.2, 0) is 0 Å². The second-order valence-corrected chi connectivity index (χ2v) is 3.68. The second-order valence-electron chi connectivity index (χ2n) is 2.91. The first-order chi connectivity index (χ1) is 5.04. The maximum atomic E-state index is 4.42. The molecule has 0 bridgehead atoms. The van der Waals surface area contributed by atoms with Crippen LogP contribution in [0.5, 0.6) is 0 Å². The lowest BCUT2D eigenvalue weighted by atomic mass is 10.1. The maximum Gasteiger partial charge on any atom is 0.0754 e. The second kappa shape index (κ2) is 2.97. The van der Waals surface area contributed by atoms with E-state index in [0.717, 1.165) is 11.4 Å². The molecule has 3 heteroatoms. The molecule has 0 N–H and O–H groups in total. The molecule has 11 heavy (non-hydrogen) atoms. The van der Waals surface area contributed by atoms with Crippen molar-refractivity contribution in [3.8, 4) is 0 Å². The van der Waals surface area contributed by atoms with E-state index in [1.807, 2.05) is 6.92 Å². The molecule has 1 aliphatic heterocycles. The molecule has 0 saturated carbocycles. The van der Waals surface area contributed by atoms with E-state index in [4.69, 9.17) is 0 Å². The Bertz CT molecular complexity index is 230. The summed E-state index contributed by atoms with van der Waals surface area (Å²) in [5.41, 5.74) is 3.45. The molecule has 0 aromatic heterocycles. The Labute approximate surface area is 76.3 Å². The molecule has 0 radical (unpaired) electrons. The SMILES string of the molecule is CC1=NC(C)=C(C)N(Br)C1C. The zero-order valence-electron chi connectivity index (χ0n) is 7.35. The van der Waals surface area contributed by atoms with E-state index < -0.39 is 0 Å². The fourth-order valence-electron chi connectivity index (χ4n) is 1.05. The summed E-state index contributed by atoms with van der Waals surface area (Å²) in [5, 5.41) is 0. The van der Waals surface area contributed by atoms with Crippen LogP contribution in [0.2, 0.25) is 0 Å². The van der Waals surface area contributed by atoms with Crippen molar-refractivity contribution in [2.75, 3.05) is 0 Å². The van der Waals surface area contributed by atoms with Gasteiger partial charge in [0.15, 0.2) is 0 Å². The maximum absolute atomic E-state index is 4.42. The van der Waals surface area contributed by atoms with Crippen molar-refractivity contribution in [1.82, 2.24) is 3.93 Å². The van der Waals surface area contributed by atoms with E-state index in [0.29, 0.717) is 6.04 Å². The molecule has 0 fully saturated rings. The average molecular weight is 217 g/mol. The summed E-state index contributed by atoms with van der Waals surface area (Å²) >= 11 is 3.49. The normalized spacial score (nSPS) is 25.7. The highest BCUT2D eigenvalue weighted by Gasteiger charge is 2.19. The Morgan fingerprint density at radius 1 is 1.36 bits per heavy atom. The zero-order chi connectivity index (χ0) is 8.59. The molecule has 2 nitrogen and oxygen atoms in total. The van der Waals surface area contributed by atoms with Crippen molar-refractivity contribution in [3.63, 3.8) is 0 Å². The highest BCUT2D eigenvalue weighted by molar-refractivity contribution is 9.07. The monoisotopic (exact) mass is 216 g/mol. The number of allylic oxidation sites excluding steroid dienone is 2. The highest BCUT2D eigenvalue weighted by Crippen LogP contribution is 2.24. The summed E-state index contributed by atoms with van der Waals surface area (Å²) in [6.45, 7) is 8.27. The van der Waals surface area contributed by atoms with Gasteiger partial charge in [0.25, 0.3) is 0 Å². The lowest BCUT2D eigenvalue weighted by molar-refractivity contribution is 0.536. The quantitative estimate of drug-likeness (QED) is 0.569. The summed E-state index contributed by atoms with van der Waals surface area (Å²) < 4.78 is 2.07. The van der Waals surface area contributed by atoms with Crippen LogP contribution in [0, 0.1) is 0 Å². The van der Waals surface area contributed by atoms with Gasteiger partial charge in [0.1, 0.15) is 0 Å². The molecule has 1 rings (SSSR count). The Kier molecular flexibility index (Phi) is 2.37. The van der Waals surface area contributed by atoms with E-state index in [9.17, 15) is 0 Å². The zero-order valence-corrected chi connectivity index (χ0v) is 8.94. The average Bonchev–Trinajstić information content (AvgIpc) is 1.97. The minimum Gasteiger partial charge on any atom is -0.303 e. The molecule has 62 valence electrons. The lowest BCUT2D eigenvalue weighted by Crippen LogP contribution is -2.32. The smallest absolute Gasteiger partial charge is 0.0754 e.